The Kier molecular flexibility index (Phi) is 4.42. The monoisotopic (exact) mass is 362 g/mol. The van der Waals surface area contributed by atoms with Crippen molar-refractivity contribution < 1.29 is 9.13 Å². The van der Waals surface area contributed by atoms with Crippen molar-refractivity contribution in [2.75, 3.05) is 0 Å². The summed E-state index contributed by atoms with van der Waals surface area (Å²) in [6, 6.07) is 17.3. The van der Waals surface area contributed by atoms with Crippen LogP contribution < -0.4 is 0 Å². The van der Waals surface area contributed by atoms with Crippen molar-refractivity contribution in [1.29, 1.82) is 0 Å². The van der Waals surface area contributed by atoms with E-state index in [-0.39, 0.29) is 23.4 Å². The quantitative estimate of drug-likeness (QED) is 0.644. The van der Waals surface area contributed by atoms with Gasteiger partial charge in [-0.3, -0.25) is 4.98 Å². The molecule has 3 nitrogen and oxygen atoms in total. The number of pyridine rings is 1. The van der Waals surface area contributed by atoms with Crippen LogP contribution in [0.1, 0.15) is 31.9 Å². The van der Waals surface area contributed by atoms with E-state index in [4.69, 9.17) is 9.73 Å². The average Bonchev–Trinajstić information content (AvgIpc) is 2.65. The van der Waals surface area contributed by atoms with Gasteiger partial charge in [-0.1, -0.05) is 42.5 Å². The maximum atomic E-state index is 13.9. The summed E-state index contributed by atoms with van der Waals surface area (Å²) in [4.78, 5) is 9.18. The SMILES string of the molecule is CC1OC(c2cnc3c(F)cccc3c2)=NC(C)(C)C1Cc1ccccc1. The molecule has 27 heavy (non-hydrogen) atoms. The van der Waals surface area contributed by atoms with Crippen molar-refractivity contribution in [3.63, 3.8) is 0 Å². The second-order valence-corrected chi connectivity index (χ2v) is 7.73. The van der Waals surface area contributed by atoms with Crippen LogP contribution in [0.25, 0.3) is 10.9 Å². The van der Waals surface area contributed by atoms with E-state index >= 15 is 0 Å². The number of ether oxygens (including phenoxy) is 1. The maximum absolute atomic E-state index is 13.9. The van der Waals surface area contributed by atoms with Crippen LogP contribution >= 0.6 is 0 Å². The molecule has 1 aromatic heterocycles. The van der Waals surface area contributed by atoms with E-state index in [1.54, 1.807) is 12.3 Å². The van der Waals surface area contributed by atoms with Gasteiger partial charge in [-0.25, -0.2) is 9.38 Å². The van der Waals surface area contributed by atoms with Gasteiger partial charge in [0.25, 0.3) is 0 Å². The van der Waals surface area contributed by atoms with E-state index in [2.05, 4.69) is 50.0 Å². The molecule has 0 radical (unpaired) electrons. The van der Waals surface area contributed by atoms with E-state index in [0.717, 1.165) is 17.4 Å². The molecule has 1 aliphatic rings. The number of benzene rings is 2. The van der Waals surface area contributed by atoms with Crippen molar-refractivity contribution in [2.45, 2.75) is 38.8 Å². The fraction of sp³-hybridized carbons (Fsp3) is 0.304. The highest BCUT2D eigenvalue weighted by atomic mass is 19.1. The fourth-order valence-corrected chi connectivity index (χ4v) is 3.86. The van der Waals surface area contributed by atoms with Crippen LogP contribution in [0.4, 0.5) is 4.39 Å². The van der Waals surface area contributed by atoms with Crippen molar-refractivity contribution in [3.8, 4) is 0 Å². The molecule has 0 amide bonds. The minimum absolute atomic E-state index is 0.0101. The number of halogens is 1. The molecular formula is C23H23FN2O. The Balaban J connectivity index is 1.67. The Bertz CT molecular complexity index is 998. The summed E-state index contributed by atoms with van der Waals surface area (Å²) in [6.45, 7) is 6.39. The zero-order chi connectivity index (χ0) is 19.0. The molecule has 0 saturated carbocycles. The molecular weight excluding hydrogens is 339 g/mol. The molecule has 2 aromatic carbocycles. The molecule has 138 valence electrons. The topological polar surface area (TPSA) is 34.5 Å². The maximum Gasteiger partial charge on any atom is 0.218 e. The summed E-state index contributed by atoms with van der Waals surface area (Å²) >= 11 is 0. The Hall–Kier alpha value is -2.75. The number of hydrogen-bond donors (Lipinski definition) is 0. The van der Waals surface area contributed by atoms with E-state index in [0.29, 0.717) is 11.4 Å². The van der Waals surface area contributed by atoms with Crippen LogP contribution in [0.2, 0.25) is 0 Å². The number of aromatic nitrogens is 1. The standard InChI is InChI=1S/C23H23FN2O/c1-15-19(12-16-8-5-4-6-9-16)23(2,3)26-22(27-15)18-13-17-10-7-11-20(24)21(17)25-14-18/h4-11,13-15,19H,12H2,1-3H3. The summed E-state index contributed by atoms with van der Waals surface area (Å²) in [7, 11) is 0. The van der Waals surface area contributed by atoms with E-state index in [9.17, 15) is 4.39 Å². The van der Waals surface area contributed by atoms with E-state index in [1.807, 2.05) is 18.2 Å². The van der Waals surface area contributed by atoms with Gasteiger partial charge in [0.15, 0.2) is 0 Å². The summed E-state index contributed by atoms with van der Waals surface area (Å²) in [5.74, 6) is 0.521. The number of hydrogen-bond acceptors (Lipinski definition) is 3. The van der Waals surface area contributed by atoms with Gasteiger partial charge in [-0.15, -0.1) is 0 Å². The Morgan fingerprint density at radius 1 is 1.07 bits per heavy atom. The molecule has 0 bridgehead atoms. The van der Waals surface area contributed by atoms with Crippen LogP contribution in [-0.4, -0.2) is 22.5 Å². The van der Waals surface area contributed by atoms with Gasteiger partial charge in [0, 0.05) is 17.5 Å². The van der Waals surface area contributed by atoms with Gasteiger partial charge in [0.2, 0.25) is 5.90 Å². The van der Waals surface area contributed by atoms with Crippen molar-refractivity contribution in [1.82, 2.24) is 4.98 Å². The highest BCUT2D eigenvalue weighted by molar-refractivity contribution is 5.98. The molecule has 2 unspecified atom stereocenters. The molecule has 4 rings (SSSR count). The number of para-hydroxylation sites is 1. The molecule has 0 spiro atoms. The first-order chi connectivity index (χ1) is 12.9. The summed E-state index contributed by atoms with van der Waals surface area (Å²) < 4.78 is 20.1. The summed E-state index contributed by atoms with van der Waals surface area (Å²) in [5, 5.41) is 0.746. The zero-order valence-electron chi connectivity index (χ0n) is 15.8. The first-order valence-electron chi connectivity index (χ1n) is 9.29. The number of nitrogens with zero attached hydrogens (tertiary/aromatic N) is 2. The number of aliphatic imine (C=N–C) groups is 1. The van der Waals surface area contributed by atoms with Crippen molar-refractivity contribution in [2.24, 2.45) is 10.9 Å². The smallest absolute Gasteiger partial charge is 0.218 e. The van der Waals surface area contributed by atoms with E-state index in [1.165, 1.54) is 11.6 Å². The predicted molar refractivity (Wildman–Crippen MR) is 107 cm³/mol. The molecule has 0 N–H and O–H groups in total. The lowest BCUT2D eigenvalue weighted by Crippen LogP contribution is -2.45. The van der Waals surface area contributed by atoms with Gasteiger partial charge in [-0.05, 0) is 44.9 Å². The third-order valence-electron chi connectivity index (χ3n) is 5.37. The second-order valence-electron chi connectivity index (χ2n) is 7.73. The van der Waals surface area contributed by atoms with Gasteiger partial charge >= 0.3 is 0 Å². The van der Waals surface area contributed by atoms with Crippen LogP contribution in [0.3, 0.4) is 0 Å². The molecule has 1 aliphatic heterocycles. The number of fused-ring (bicyclic) bond motifs is 1. The first kappa shape index (κ1) is 17.7. The van der Waals surface area contributed by atoms with Crippen LogP contribution in [-0.2, 0) is 11.2 Å². The fourth-order valence-electron chi connectivity index (χ4n) is 3.86. The Morgan fingerprint density at radius 2 is 1.85 bits per heavy atom. The van der Waals surface area contributed by atoms with Crippen molar-refractivity contribution >= 4 is 16.8 Å². The summed E-state index contributed by atoms with van der Waals surface area (Å²) in [6.07, 6.45) is 2.56. The first-order valence-corrected chi connectivity index (χ1v) is 9.29. The Labute approximate surface area is 158 Å². The molecule has 0 aliphatic carbocycles. The van der Waals surface area contributed by atoms with Crippen LogP contribution in [0, 0.1) is 11.7 Å². The minimum atomic E-state index is -0.317. The highest BCUT2D eigenvalue weighted by Crippen LogP contribution is 2.35. The van der Waals surface area contributed by atoms with Gasteiger partial charge in [-0.2, -0.15) is 0 Å². The molecule has 3 aromatic rings. The molecule has 0 fully saturated rings. The largest absolute Gasteiger partial charge is 0.474 e. The molecule has 4 heteroatoms. The minimum Gasteiger partial charge on any atom is -0.474 e. The average molecular weight is 362 g/mol. The third kappa shape index (κ3) is 3.44. The number of rotatable bonds is 3. The molecule has 2 atom stereocenters. The molecule has 0 saturated heterocycles. The Morgan fingerprint density at radius 3 is 2.59 bits per heavy atom. The summed E-state index contributed by atoms with van der Waals surface area (Å²) in [5.41, 5.74) is 2.16. The van der Waals surface area contributed by atoms with Crippen LogP contribution in [0.5, 0.6) is 0 Å². The second kappa shape index (κ2) is 6.76. The lowest BCUT2D eigenvalue weighted by molar-refractivity contribution is 0.0722. The lowest BCUT2D eigenvalue weighted by atomic mass is 9.79. The lowest BCUT2D eigenvalue weighted by Gasteiger charge is -2.40. The van der Waals surface area contributed by atoms with Crippen molar-refractivity contribution in [3.05, 3.63) is 77.7 Å². The third-order valence-corrected chi connectivity index (χ3v) is 5.37. The van der Waals surface area contributed by atoms with Gasteiger partial charge in [0.1, 0.15) is 17.4 Å². The van der Waals surface area contributed by atoms with Crippen LogP contribution in [0.15, 0.2) is 65.8 Å². The molecule has 2 heterocycles. The van der Waals surface area contributed by atoms with Gasteiger partial charge < -0.3 is 4.74 Å². The normalized spacial score (nSPS) is 21.6. The van der Waals surface area contributed by atoms with E-state index < -0.39 is 0 Å². The zero-order valence-corrected chi connectivity index (χ0v) is 15.8. The van der Waals surface area contributed by atoms with Gasteiger partial charge in [0.05, 0.1) is 11.1 Å². The highest BCUT2D eigenvalue weighted by Gasteiger charge is 2.39. The predicted octanol–water partition coefficient (Wildman–Crippen LogP) is 5.18.